The van der Waals surface area contributed by atoms with E-state index in [9.17, 15) is 4.79 Å². The number of nitrogens with two attached hydrogens (primary N) is 2. The third kappa shape index (κ3) is 2.67. The van der Waals surface area contributed by atoms with Crippen LogP contribution in [-0.2, 0) is 0 Å². The molecule has 1 aromatic heterocycles. The summed E-state index contributed by atoms with van der Waals surface area (Å²) in [7, 11) is 0. The Balaban J connectivity index is 1.90. The number of hydrazine groups is 1. The molecule has 9 heteroatoms. The molecule has 110 valence electrons. The van der Waals surface area contributed by atoms with Crippen molar-refractivity contribution in [1.82, 2.24) is 15.7 Å². The van der Waals surface area contributed by atoms with E-state index in [1.54, 1.807) is 0 Å². The summed E-state index contributed by atoms with van der Waals surface area (Å²) in [6.45, 7) is 0.425. The standard InChI is InChI=1S/C12H15N7OS/c13-4-7-10(15-5-16-11(7)19-14)17-6-1-2-8-9(3-6)21-12(20)18-8/h1-4,11,16,19H,5,13-14H2,(H,15,17)(H,18,20). The Morgan fingerprint density at radius 2 is 2.33 bits per heavy atom. The Morgan fingerprint density at radius 1 is 1.48 bits per heavy atom. The molecule has 0 saturated heterocycles. The number of rotatable bonds is 2. The first-order valence-electron chi connectivity index (χ1n) is 6.27. The summed E-state index contributed by atoms with van der Waals surface area (Å²) in [5, 5.41) is 6.27. The van der Waals surface area contributed by atoms with Gasteiger partial charge in [-0.15, -0.1) is 0 Å². The number of nitrogens with zero attached hydrogens (tertiary/aromatic N) is 1. The van der Waals surface area contributed by atoms with E-state index in [1.807, 2.05) is 18.2 Å². The molecule has 21 heavy (non-hydrogen) atoms. The van der Waals surface area contributed by atoms with Crippen LogP contribution in [0.4, 0.5) is 5.69 Å². The van der Waals surface area contributed by atoms with Crippen LogP contribution >= 0.6 is 11.3 Å². The van der Waals surface area contributed by atoms with Crippen molar-refractivity contribution >= 4 is 33.1 Å². The SMILES string of the molecule is NC=C1C(Nc2ccc3[nH]c(=O)sc3c2)=NCNC1NN. The molecular weight excluding hydrogens is 290 g/mol. The van der Waals surface area contributed by atoms with Gasteiger partial charge >= 0.3 is 4.87 Å². The maximum absolute atomic E-state index is 11.3. The van der Waals surface area contributed by atoms with Crippen LogP contribution in [0.5, 0.6) is 0 Å². The Morgan fingerprint density at radius 3 is 3.10 bits per heavy atom. The minimum atomic E-state index is -0.262. The lowest BCUT2D eigenvalue weighted by atomic mass is 10.1. The van der Waals surface area contributed by atoms with Gasteiger partial charge in [0.1, 0.15) is 12.0 Å². The number of aromatic nitrogens is 1. The lowest BCUT2D eigenvalue weighted by Gasteiger charge is -2.26. The van der Waals surface area contributed by atoms with Gasteiger partial charge < -0.3 is 16.0 Å². The Bertz CT molecular complexity index is 775. The molecule has 0 saturated carbocycles. The van der Waals surface area contributed by atoms with Crippen molar-refractivity contribution in [3.05, 3.63) is 39.6 Å². The Hall–Kier alpha value is -2.20. The average molecular weight is 305 g/mol. The molecule has 2 heterocycles. The van der Waals surface area contributed by atoms with Crippen molar-refractivity contribution in [2.75, 3.05) is 12.0 Å². The fraction of sp³-hybridized carbons (Fsp3) is 0.167. The number of fused-ring (bicyclic) bond motifs is 1. The summed E-state index contributed by atoms with van der Waals surface area (Å²) in [5.41, 5.74) is 10.6. The smallest absolute Gasteiger partial charge is 0.305 e. The highest BCUT2D eigenvalue weighted by Gasteiger charge is 2.21. The van der Waals surface area contributed by atoms with Crippen LogP contribution in [-0.4, -0.2) is 23.7 Å². The molecular formula is C12H15N7OS. The molecule has 1 unspecified atom stereocenters. The maximum atomic E-state index is 11.3. The van der Waals surface area contributed by atoms with Crippen LogP contribution in [0.15, 0.2) is 39.8 Å². The largest absolute Gasteiger partial charge is 0.404 e. The molecule has 2 aromatic rings. The van der Waals surface area contributed by atoms with Gasteiger partial charge in [0.2, 0.25) is 0 Å². The van der Waals surface area contributed by atoms with Crippen molar-refractivity contribution in [2.24, 2.45) is 16.6 Å². The predicted octanol–water partition coefficient (Wildman–Crippen LogP) is -0.407. The zero-order valence-electron chi connectivity index (χ0n) is 11.0. The summed E-state index contributed by atoms with van der Waals surface area (Å²) in [6, 6.07) is 5.61. The molecule has 0 bridgehead atoms. The summed E-state index contributed by atoms with van der Waals surface area (Å²) in [4.78, 5) is 18.4. The third-order valence-corrected chi connectivity index (χ3v) is 3.99. The third-order valence-electron chi connectivity index (χ3n) is 3.15. The first kappa shape index (κ1) is 13.8. The molecule has 3 rings (SSSR count). The van der Waals surface area contributed by atoms with E-state index in [1.165, 1.54) is 6.20 Å². The minimum Gasteiger partial charge on any atom is -0.404 e. The molecule has 1 atom stereocenters. The molecule has 8 N–H and O–H groups in total. The fourth-order valence-electron chi connectivity index (χ4n) is 2.15. The van der Waals surface area contributed by atoms with Crippen molar-refractivity contribution in [3.8, 4) is 0 Å². The number of hydrogen-bond acceptors (Lipinski definition) is 8. The summed E-state index contributed by atoms with van der Waals surface area (Å²) in [6.07, 6.45) is 1.19. The second-order valence-corrected chi connectivity index (χ2v) is 5.46. The number of nitrogens with one attached hydrogen (secondary N) is 4. The van der Waals surface area contributed by atoms with E-state index >= 15 is 0 Å². The molecule has 1 aromatic carbocycles. The van der Waals surface area contributed by atoms with Gasteiger partial charge in [-0.05, 0) is 18.2 Å². The topological polar surface area (TPSA) is 133 Å². The van der Waals surface area contributed by atoms with Crippen molar-refractivity contribution in [1.29, 1.82) is 0 Å². The lowest BCUT2D eigenvalue weighted by molar-refractivity contribution is 0.492. The summed E-state index contributed by atoms with van der Waals surface area (Å²) < 4.78 is 0.881. The van der Waals surface area contributed by atoms with Crippen molar-refractivity contribution < 1.29 is 0 Å². The van der Waals surface area contributed by atoms with E-state index < -0.39 is 0 Å². The fourth-order valence-corrected chi connectivity index (χ4v) is 2.93. The monoisotopic (exact) mass is 305 g/mol. The van der Waals surface area contributed by atoms with Gasteiger partial charge in [-0.25, -0.2) is 5.43 Å². The van der Waals surface area contributed by atoms with Gasteiger partial charge in [-0.3, -0.25) is 20.9 Å². The van der Waals surface area contributed by atoms with Crippen LogP contribution in [0.25, 0.3) is 10.2 Å². The van der Waals surface area contributed by atoms with E-state index in [0.717, 1.165) is 32.8 Å². The minimum absolute atomic E-state index is 0.0729. The highest BCUT2D eigenvalue weighted by molar-refractivity contribution is 7.16. The van der Waals surface area contributed by atoms with Crippen LogP contribution in [0, 0.1) is 0 Å². The van der Waals surface area contributed by atoms with Gasteiger partial charge in [-0.1, -0.05) is 11.3 Å². The molecule has 0 radical (unpaired) electrons. The first-order valence-corrected chi connectivity index (χ1v) is 7.09. The number of aromatic amines is 1. The van der Waals surface area contributed by atoms with Gasteiger partial charge in [0, 0.05) is 17.5 Å². The molecule has 0 fully saturated rings. The van der Waals surface area contributed by atoms with Gasteiger partial charge in [-0.2, -0.15) is 0 Å². The van der Waals surface area contributed by atoms with Crippen molar-refractivity contribution in [2.45, 2.75) is 6.17 Å². The number of H-pyrrole nitrogens is 1. The number of aliphatic imine (C=N–C) groups is 1. The highest BCUT2D eigenvalue weighted by Crippen LogP contribution is 2.20. The average Bonchev–Trinajstić information content (AvgIpc) is 2.86. The van der Waals surface area contributed by atoms with Gasteiger partial charge in [0.05, 0.1) is 16.9 Å². The molecule has 1 aliphatic rings. The second kappa shape index (κ2) is 5.66. The normalized spacial score (nSPS) is 20.7. The lowest BCUT2D eigenvalue weighted by Crippen LogP contribution is -2.52. The van der Waals surface area contributed by atoms with E-state index in [2.05, 4.69) is 26.0 Å². The van der Waals surface area contributed by atoms with Gasteiger partial charge in [0.25, 0.3) is 0 Å². The summed E-state index contributed by atoms with van der Waals surface area (Å²) in [5.74, 6) is 6.11. The number of hydrogen-bond donors (Lipinski definition) is 6. The molecule has 0 amide bonds. The van der Waals surface area contributed by atoms with Crippen molar-refractivity contribution in [3.63, 3.8) is 0 Å². The van der Waals surface area contributed by atoms with E-state index in [-0.39, 0.29) is 11.0 Å². The molecule has 1 aliphatic heterocycles. The zero-order chi connectivity index (χ0) is 14.8. The molecule has 0 aliphatic carbocycles. The molecule has 0 spiro atoms. The highest BCUT2D eigenvalue weighted by atomic mass is 32.1. The van der Waals surface area contributed by atoms with E-state index in [0.29, 0.717) is 12.5 Å². The second-order valence-electron chi connectivity index (χ2n) is 4.44. The summed E-state index contributed by atoms with van der Waals surface area (Å²) >= 11 is 1.16. The Kier molecular flexibility index (Phi) is 3.71. The number of thiazole rings is 1. The van der Waals surface area contributed by atoms with Crippen LogP contribution in [0.2, 0.25) is 0 Å². The predicted molar refractivity (Wildman–Crippen MR) is 84.9 cm³/mol. The first-order chi connectivity index (χ1) is 10.2. The Labute approximate surface area is 123 Å². The number of amidine groups is 1. The maximum Gasteiger partial charge on any atom is 0.305 e. The quantitative estimate of drug-likeness (QED) is 0.330. The molecule has 8 nitrogen and oxygen atoms in total. The van der Waals surface area contributed by atoms with Crippen LogP contribution in [0.1, 0.15) is 0 Å². The van der Waals surface area contributed by atoms with Crippen LogP contribution < -0.4 is 32.5 Å². The number of benzene rings is 1. The van der Waals surface area contributed by atoms with Crippen LogP contribution in [0.3, 0.4) is 0 Å². The number of anilines is 1. The van der Waals surface area contributed by atoms with Gasteiger partial charge in [0.15, 0.2) is 0 Å². The zero-order valence-corrected chi connectivity index (χ0v) is 11.8. The van der Waals surface area contributed by atoms with E-state index in [4.69, 9.17) is 11.6 Å².